The van der Waals surface area contributed by atoms with Crippen LogP contribution in [0.4, 0.5) is 0 Å². The van der Waals surface area contributed by atoms with Crippen LogP contribution in [-0.4, -0.2) is 26.2 Å². The van der Waals surface area contributed by atoms with Crippen LogP contribution >= 0.6 is 0 Å². The molecule has 2 aromatic heterocycles. The number of phenolic OH excluding ortho intramolecular Hbond substituents is 1. The highest BCUT2D eigenvalue weighted by Crippen LogP contribution is 2.29. The van der Waals surface area contributed by atoms with E-state index in [1.165, 1.54) is 12.5 Å². The lowest BCUT2D eigenvalue weighted by Crippen LogP contribution is -2.06. The SMILES string of the molecule is CC(C)n1nccc1-c1ocnc1COc1cccc(O)c1C=O. The Morgan fingerprint density at radius 1 is 1.38 bits per heavy atom. The van der Waals surface area contributed by atoms with Crippen molar-refractivity contribution in [3.05, 3.63) is 48.1 Å². The summed E-state index contributed by atoms with van der Waals surface area (Å²) in [5, 5.41) is 14.0. The number of phenols is 1. The summed E-state index contributed by atoms with van der Waals surface area (Å²) < 4.78 is 13.0. The van der Waals surface area contributed by atoms with Crippen LogP contribution in [0.1, 0.15) is 35.9 Å². The Hall–Kier alpha value is -3.09. The van der Waals surface area contributed by atoms with Gasteiger partial charge < -0.3 is 14.3 Å². The summed E-state index contributed by atoms with van der Waals surface area (Å²) in [7, 11) is 0. The number of hydrogen-bond acceptors (Lipinski definition) is 6. The van der Waals surface area contributed by atoms with Crippen molar-refractivity contribution >= 4 is 6.29 Å². The maximum Gasteiger partial charge on any atom is 0.181 e. The predicted molar refractivity (Wildman–Crippen MR) is 85.9 cm³/mol. The highest BCUT2D eigenvalue weighted by molar-refractivity contribution is 5.83. The number of carbonyl (C=O) groups is 1. The Bertz CT molecular complexity index is 851. The molecule has 0 fully saturated rings. The van der Waals surface area contributed by atoms with Gasteiger partial charge in [-0.05, 0) is 32.0 Å². The Morgan fingerprint density at radius 3 is 2.96 bits per heavy atom. The molecule has 0 aliphatic carbocycles. The standard InChI is InChI=1S/C17H17N3O4/c1-11(2)20-14(6-7-19-20)17-13(18-10-24-17)9-23-16-5-3-4-15(22)12(16)8-21/h3-8,10-11,22H,9H2,1-2H3. The molecule has 7 nitrogen and oxygen atoms in total. The van der Waals surface area contributed by atoms with Gasteiger partial charge in [0.1, 0.15) is 29.5 Å². The van der Waals surface area contributed by atoms with Crippen LogP contribution in [0.25, 0.3) is 11.5 Å². The van der Waals surface area contributed by atoms with Crippen molar-refractivity contribution in [2.45, 2.75) is 26.5 Å². The molecule has 0 aliphatic heterocycles. The van der Waals surface area contributed by atoms with Crippen LogP contribution in [0.2, 0.25) is 0 Å². The smallest absolute Gasteiger partial charge is 0.181 e. The second kappa shape index (κ2) is 6.57. The van der Waals surface area contributed by atoms with E-state index in [-0.39, 0.29) is 29.7 Å². The van der Waals surface area contributed by atoms with Crippen LogP contribution in [0, 0.1) is 0 Å². The highest BCUT2D eigenvalue weighted by atomic mass is 16.5. The molecular weight excluding hydrogens is 310 g/mol. The van der Waals surface area contributed by atoms with E-state index in [0.29, 0.717) is 17.7 Å². The number of nitrogens with zero attached hydrogens (tertiary/aromatic N) is 3. The van der Waals surface area contributed by atoms with E-state index in [2.05, 4.69) is 10.1 Å². The lowest BCUT2D eigenvalue weighted by Gasteiger charge is -2.11. The molecule has 2 heterocycles. The van der Waals surface area contributed by atoms with Crippen molar-refractivity contribution in [3.8, 4) is 23.0 Å². The number of ether oxygens (including phenoxy) is 1. The number of aldehydes is 1. The quantitative estimate of drug-likeness (QED) is 0.699. The molecule has 0 unspecified atom stereocenters. The average Bonchev–Trinajstić information content (AvgIpc) is 3.21. The number of rotatable bonds is 6. The monoisotopic (exact) mass is 327 g/mol. The zero-order valence-corrected chi connectivity index (χ0v) is 13.3. The van der Waals surface area contributed by atoms with Gasteiger partial charge in [-0.15, -0.1) is 0 Å². The van der Waals surface area contributed by atoms with Gasteiger partial charge in [-0.25, -0.2) is 4.98 Å². The molecule has 0 radical (unpaired) electrons. The molecule has 0 atom stereocenters. The fourth-order valence-electron chi connectivity index (χ4n) is 2.41. The molecule has 0 saturated heterocycles. The Morgan fingerprint density at radius 2 is 2.21 bits per heavy atom. The summed E-state index contributed by atoms with van der Waals surface area (Å²) in [6.07, 6.45) is 3.60. The van der Waals surface area contributed by atoms with E-state index in [1.54, 1.807) is 18.3 Å². The molecule has 0 saturated carbocycles. The minimum absolute atomic E-state index is 0.0966. The van der Waals surface area contributed by atoms with Crippen LogP contribution in [-0.2, 0) is 6.61 Å². The Balaban J connectivity index is 1.86. The number of benzene rings is 1. The van der Waals surface area contributed by atoms with Crippen molar-refractivity contribution < 1.29 is 19.1 Å². The molecule has 1 N–H and O–H groups in total. The van der Waals surface area contributed by atoms with Crippen molar-refractivity contribution in [1.29, 1.82) is 0 Å². The molecule has 0 bridgehead atoms. The molecule has 3 aromatic rings. The Labute approximate surface area is 138 Å². The minimum atomic E-state index is -0.124. The molecule has 0 amide bonds. The summed E-state index contributed by atoms with van der Waals surface area (Å²) in [5.41, 5.74) is 1.49. The Kier molecular flexibility index (Phi) is 4.33. The van der Waals surface area contributed by atoms with Gasteiger partial charge in [0.05, 0.1) is 5.56 Å². The second-order valence-electron chi connectivity index (χ2n) is 5.48. The maximum atomic E-state index is 11.1. The zero-order chi connectivity index (χ0) is 17.1. The van der Waals surface area contributed by atoms with E-state index in [9.17, 15) is 9.90 Å². The molecule has 124 valence electrons. The first-order valence-electron chi connectivity index (χ1n) is 7.48. The molecule has 3 rings (SSSR count). The second-order valence-corrected chi connectivity index (χ2v) is 5.48. The van der Waals surface area contributed by atoms with E-state index >= 15 is 0 Å². The fraction of sp³-hybridized carbons (Fsp3) is 0.235. The van der Waals surface area contributed by atoms with Gasteiger partial charge in [0.2, 0.25) is 0 Å². The summed E-state index contributed by atoms with van der Waals surface area (Å²) in [6.45, 7) is 4.14. The van der Waals surface area contributed by atoms with E-state index < -0.39 is 0 Å². The minimum Gasteiger partial charge on any atom is -0.507 e. The lowest BCUT2D eigenvalue weighted by molar-refractivity contribution is 0.111. The first-order valence-corrected chi connectivity index (χ1v) is 7.48. The van der Waals surface area contributed by atoms with Gasteiger partial charge in [0, 0.05) is 12.2 Å². The molecule has 7 heteroatoms. The van der Waals surface area contributed by atoms with Crippen molar-refractivity contribution in [3.63, 3.8) is 0 Å². The lowest BCUT2D eigenvalue weighted by atomic mass is 10.2. The van der Waals surface area contributed by atoms with Crippen molar-refractivity contribution in [2.75, 3.05) is 0 Å². The molecule has 0 aliphatic rings. The van der Waals surface area contributed by atoms with E-state index in [4.69, 9.17) is 9.15 Å². The summed E-state index contributed by atoms with van der Waals surface area (Å²) in [4.78, 5) is 15.3. The normalized spacial score (nSPS) is 11.0. The van der Waals surface area contributed by atoms with Crippen molar-refractivity contribution in [1.82, 2.24) is 14.8 Å². The number of carbonyl (C=O) groups excluding carboxylic acids is 1. The summed E-state index contributed by atoms with van der Waals surface area (Å²) >= 11 is 0. The van der Waals surface area contributed by atoms with Gasteiger partial charge in [-0.2, -0.15) is 5.10 Å². The largest absolute Gasteiger partial charge is 0.507 e. The maximum absolute atomic E-state index is 11.1. The van der Waals surface area contributed by atoms with Crippen LogP contribution in [0.5, 0.6) is 11.5 Å². The van der Waals surface area contributed by atoms with E-state index in [1.807, 2.05) is 24.6 Å². The molecule has 1 aromatic carbocycles. The van der Waals surface area contributed by atoms with Crippen LogP contribution in [0.3, 0.4) is 0 Å². The van der Waals surface area contributed by atoms with Gasteiger partial charge in [-0.3, -0.25) is 9.48 Å². The topological polar surface area (TPSA) is 90.4 Å². The number of oxazole rings is 1. The first kappa shape index (κ1) is 15.8. The predicted octanol–water partition coefficient (Wildman–Crippen LogP) is 3.22. The summed E-state index contributed by atoms with van der Waals surface area (Å²) in [5.74, 6) is 0.728. The van der Waals surface area contributed by atoms with Gasteiger partial charge in [-0.1, -0.05) is 6.07 Å². The van der Waals surface area contributed by atoms with Gasteiger partial charge >= 0.3 is 0 Å². The fourth-order valence-corrected chi connectivity index (χ4v) is 2.41. The van der Waals surface area contributed by atoms with E-state index in [0.717, 1.165) is 5.69 Å². The number of aromatic hydroxyl groups is 1. The third kappa shape index (κ3) is 2.88. The molecular formula is C17H17N3O4. The number of aromatic nitrogens is 3. The van der Waals surface area contributed by atoms with Crippen molar-refractivity contribution in [2.24, 2.45) is 0 Å². The average molecular weight is 327 g/mol. The third-order valence-corrected chi connectivity index (χ3v) is 3.56. The molecule has 24 heavy (non-hydrogen) atoms. The zero-order valence-electron chi connectivity index (χ0n) is 13.3. The van der Waals surface area contributed by atoms with Gasteiger partial charge in [0.25, 0.3) is 0 Å². The number of hydrogen-bond donors (Lipinski definition) is 1. The first-order chi connectivity index (χ1) is 11.6. The van der Waals surface area contributed by atoms with Gasteiger partial charge in [0.15, 0.2) is 18.4 Å². The third-order valence-electron chi connectivity index (χ3n) is 3.56. The summed E-state index contributed by atoms with van der Waals surface area (Å²) in [6, 6.07) is 6.66. The van der Waals surface area contributed by atoms with Crippen LogP contribution in [0.15, 0.2) is 41.3 Å². The highest BCUT2D eigenvalue weighted by Gasteiger charge is 2.18. The molecule has 0 spiro atoms. The van der Waals surface area contributed by atoms with Crippen LogP contribution < -0.4 is 4.74 Å².